The van der Waals surface area contributed by atoms with Crippen LogP contribution in [0.1, 0.15) is 26.2 Å². The van der Waals surface area contributed by atoms with Crippen LogP contribution in [0, 0.1) is 0 Å². The molecule has 1 saturated carbocycles. The van der Waals surface area contributed by atoms with Crippen LogP contribution in [-0.2, 0) is 10.0 Å². The molecular formula is C12H18N4O2S3. The van der Waals surface area contributed by atoms with Crippen LogP contribution in [0.25, 0.3) is 4.96 Å². The summed E-state index contributed by atoms with van der Waals surface area (Å²) in [7, 11) is -3.64. The Labute approximate surface area is 132 Å². The number of anilines is 1. The summed E-state index contributed by atoms with van der Waals surface area (Å²) in [5, 5.41) is 2.40. The maximum absolute atomic E-state index is 12.6. The van der Waals surface area contributed by atoms with Gasteiger partial charge in [0.25, 0.3) is 10.0 Å². The van der Waals surface area contributed by atoms with E-state index < -0.39 is 10.0 Å². The van der Waals surface area contributed by atoms with Crippen molar-refractivity contribution in [3.63, 3.8) is 0 Å². The number of nitrogens with zero attached hydrogens (tertiary/aromatic N) is 2. The van der Waals surface area contributed by atoms with Crippen molar-refractivity contribution < 1.29 is 8.42 Å². The molecule has 0 aromatic carbocycles. The molecule has 0 saturated heterocycles. The van der Waals surface area contributed by atoms with Crippen LogP contribution in [0.4, 0.5) is 5.82 Å². The van der Waals surface area contributed by atoms with Crippen LogP contribution in [0.15, 0.2) is 16.6 Å². The topological polar surface area (TPSA) is 89.5 Å². The van der Waals surface area contributed by atoms with E-state index in [-0.39, 0.29) is 16.9 Å². The summed E-state index contributed by atoms with van der Waals surface area (Å²) in [6.07, 6.45) is 4.50. The van der Waals surface area contributed by atoms with E-state index in [9.17, 15) is 8.42 Å². The maximum Gasteiger partial charge on any atom is 0.260 e. The average Bonchev–Trinajstić information content (AvgIpc) is 3.05. The van der Waals surface area contributed by atoms with Crippen molar-refractivity contribution in [2.24, 2.45) is 0 Å². The van der Waals surface area contributed by atoms with Crippen molar-refractivity contribution in [3.05, 3.63) is 11.6 Å². The first-order chi connectivity index (χ1) is 10.0. The van der Waals surface area contributed by atoms with Gasteiger partial charge in [0.05, 0.1) is 0 Å². The predicted molar refractivity (Wildman–Crippen MR) is 87.4 cm³/mol. The normalized spacial score (nSPS) is 23.1. The zero-order valence-electron chi connectivity index (χ0n) is 11.7. The van der Waals surface area contributed by atoms with Crippen LogP contribution in [0.3, 0.4) is 0 Å². The molecule has 21 heavy (non-hydrogen) atoms. The summed E-state index contributed by atoms with van der Waals surface area (Å²) in [6, 6.07) is -0.0114. The Kier molecular flexibility index (Phi) is 4.17. The van der Waals surface area contributed by atoms with Gasteiger partial charge in [0.15, 0.2) is 15.8 Å². The number of rotatable bonds is 5. The number of imidazole rings is 1. The Bertz CT molecular complexity index is 737. The fourth-order valence-electron chi connectivity index (χ4n) is 2.76. The maximum atomic E-state index is 12.6. The molecule has 0 bridgehead atoms. The number of thiazole rings is 1. The van der Waals surface area contributed by atoms with Gasteiger partial charge in [-0.05, 0) is 25.0 Å². The molecule has 1 aliphatic carbocycles. The fourth-order valence-corrected chi connectivity index (χ4v) is 6.17. The van der Waals surface area contributed by atoms with Gasteiger partial charge in [-0.2, -0.15) is 11.8 Å². The SMILES string of the molecule is CCSC1CCC(NS(=O)(=O)c2c(N)nc3sccn23)C1. The zero-order chi connectivity index (χ0) is 15.0. The highest BCUT2D eigenvalue weighted by Gasteiger charge is 2.31. The van der Waals surface area contributed by atoms with Crippen LogP contribution in [-0.4, -0.2) is 34.8 Å². The second kappa shape index (κ2) is 5.79. The highest BCUT2D eigenvalue weighted by Crippen LogP contribution is 2.31. The lowest BCUT2D eigenvalue weighted by atomic mass is 10.3. The monoisotopic (exact) mass is 346 g/mol. The first-order valence-electron chi connectivity index (χ1n) is 6.86. The molecule has 0 amide bonds. The van der Waals surface area contributed by atoms with Gasteiger partial charge in [-0.25, -0.2) is 18.1 Å². The smallest absolute Gasteiger partial charge is 0.260 e. The molecule has 6 nitrogen and oxygen atoms in total. The number of sulfonamides is 1. The summed E-state index contributed by atoms with van der Waals surface area (Å²) in [6.45, 7) is 2.13. The molecule has 2 aromatic heterocycles. The standard InChI is InChI=1S/C12H18N4O2S3/c1-2-19-9-4-3-8(7-9)15-21(17,18)11-10(13)14-12-16(11)5-6-20-12/h5-6,8-9,15H,2-4,7,13H2,1H3. The molecule has 0 radical (unpaired) electrons. The minimum atomic E-state index is -3.64. The molecule has 1 aliphatic rings. The van der Waals surface area contributed by atoms with Crippen molar-refractivity contribution in [2.45, 2.75) is 42.5 Å². The van der Waals surface area contributed by atoms with E-state index in [2.05, 4.69) is 16.6 Å². The number of aromatic nitrogens is 2. The summed E-state index contributed by atoms with van der Waals surface area (Å²) in [5.74, 6) is 1.13. The van der Waals surface area contributed by atoms with E-state index >= 15 is 0 Å². The molecule has 2 aromatic rings. The van der Waals surface area contributed by atoms with Crippen LogP contribution >= 0.6 is 23.1 Å². The first kappa shape index (κ1) is 15.1. The van der Waals surface area contributed by atoms with Gasteiger partial charge in [0.2, 0.25) is 0 Å². The molecule has 116 valence electrons. The zero-order valence-corrected chi connectivity index (χ0v) is 14.1. The van der Waals surface area contributed by atoms with Gasteiger partial charge in [-0.1, -0.05) is 6.92 Å². The third kappa shape index (κ3) is 2.92. The van der Waals surface area contributed by atoms with Crippen molar-refractivity contribution in [3.8, 4) is 0 Å². The number of nitrogen functional groups attached to an aromatic ring is 1. The van der Waals surface area contributed by atoms with Crippen molar-refractivity contribution >= 4 is 43.9 Å². The Morgan fingerprint density at radius 3 is 3.14 bits per heavy atom. The summed E-state index contributed by atoms with van der Waals surface area (Å²) in [5.41, 5.74) is 5.78. The van der Waals surface area contributed by atoms with Gasteiger partial charge in [0, 0.05) is 22.9 Å². The second-order valence-corrected chi connectivity index (χ2v) is 9.15. The molecule has 0 spiro atoms. The molecular weight excluding hydrogens is 328 g/mol. The number of nitrogens with two attached hydrogens (primary N) is 1. The minimum absolute atomic E-state index is 0.0114. The Hall–Kier alpha value is -0.770. The molecule has 2 unspecified atom stereocenters. The third-order valence-electron chi connectivity index (χ3n) is 3.61. The lowest BCUT2D eigenvalue weighted by molar-refractivity contribution is 0.549. The largest absolute Gasteiger partial charge is 0.381 e. The number of hydrogen-bond donors (Lipinski definition) is 2. The second-order valence-electron chi connectivity index (χ2n) is 5.07. The lowest BCUT2D eigenvalue weighted by Gasteiger charge is -2.13. The average molecular weight is 347 g/mol. The summed E-state index contributed by atoms with van der Waals surface area (Å²) in [4.78, 5) is 4.69. The van der Waals surface area contributed by atoms with E-state index in [1.807, 2.05) is 11.8 Å². The van der Waals surface area contributed by atoms with E-state index in [0.717, 1.165) is 25.0 Å². The summed E-state index contributed by atoms with van der Waals surface area (Å²) >= 11 is 3.26. The Morgan fingerprint density at radius 2 is 2.38 bits per heavy atom. The van der Waals surface area contributed by atoms with Gasteiger partial charge in [0.1, 0.15) is 0 Å². The van der Waals surface area contributed by atoms with Gasteiger partial charge in [-0.15, -0.1) is 11.3 Å². The molecule has 1 fully saturated rings. The van der Waals surface area contributed by atoms with Crippen LogP contribution in [0.5, 0.6) is 0 Å². The van der Waals surface area contributed by atoms with E-state index in [0.29, 0.717) is 10.2 Å². The van der Waals surface area contributed by atoms with E-state index in [4.69, 9.17) is 5.73 Å². The van der Waals surface area contributed by atoms with Gasteiger partial charge in [-0.3, -0.25) is 4.40 Å². The summed E-state index contributed by atoms with van der Waals surface area (Å²) < 4.78 is 29.5. The molecule has 2 heterocycles. The molecule has 3 N–H and O–H groups in total. The highest BCUT2D eigenvalue weighted by molar-refractivity contribution is 7.99. The third-order valence-corrected chi connectivity index (χ3v) is 7.15. The van der Waals surface area contributed by atoms with Gasteiger partial charge < -0.3 is 5.73 Å². The predicted octanol–water partition coefficient (Wildman–Crippen LogP) is 1.93. The number of hydrogen-bond acceptors (Lipinski definition) is 6. The van der Waals surface area contributed by atoms with Crippen LogP contribution < -0.4 is 10.5 Å². The molecule has 0 aliphatic heterocycles. The number of nitrogens with one attached hydrogen (secondary N) is 1. The molecule has 3 rings (SSSR count). The van der Waals surface area contributed by atoms with Gasteiger partial charge >= 0.3 is 0 Å². The number of thioether (sulfide) groups is 1. The van der Waals surface area contributed by atoms with Crippen LogP contribution in [0.2, 0.25) is 0 Å². The van der Waals surface area contributed by atoms with Crippen molar-refractivity contribution in [1.82, 2.24) is 14.1 Å². The van der Waals surface area contributed by atoms with Crippen molar-refractivity contribution in [2.75, 3.05) is 11.5 Å². The van der Waals surface area contributed by atoms with Crippen molar-refractivity contribution in [1.29, 1.82) is 0 Å². The highest BCUT2D eigenvalue weighted by atomic mass is 32.2. The lowest BCUT2D eigenvalue weighted by Crippen LogP contribution is -2.34. The Balaban J connectivity index is 1.81. The van der Waals surface area contributed by atoms with E-state index in [1.165, 1.54) is 15.7 Å². The number of fused-ring (bicyclic) bond motifs is 1. The van der Waals surface area contributed by atoms with E-state index in [1.54, 1.807) is 11.6 Å². The fraction of sp³-hybridized carbons (Fsp3) is 0.583. The Morgan fingerprint density at radius 1 is 1.57 bits per heavy atom. The molecule has 2 atom stereocenters. The first-order valence-corrected chi connectivity index (χ1v) is 10.3. The molecule has 9 heteroatoms. The quantitative estimate of drug-likeness (QED) is 0.863. The minimum Gasteiger partial charge on any atom is -0.381 e.